The van der Waals surface area contributed by atoms with Crippen LogP contribution in [0.15, 0.2) is 18.2 Å². The Balaban J connectivity index is 2.12. The van der Waals surface area contributed by atoms with Crippen LogP contribution in [0.5, 0.6) is 0 Å². The number of amides is 1. The lowest BCUT2D eigenvalue weighted by molar-refractivity contribution is -0.138. The second kappa shape index (κ2) is 6.01. The van der Waals surface area contributed by atoms with E-state index in [0.717, 1.165) is 25.0 Å². The van der Waals surface area contributed by atoms with Gasteiger partial charge < -0.3 is 10.4 Å². The molecule has 0 aliphatic heterocycles. The molecule has 2 N–H and O–H groups in total. The van der Waals surface area contributed by atoms with Crippen molar-refractivity contribution in [1.82, 2.24) is 5.32 Å². The van der Waals surface area contributed by atoms with E-state index in [1.165, 1.54) is 0 Å². The van der Waals surface area contributed by atoms with Gasteiger partial charge in [0.25, 0.3) is 5.91 Å². The summed E-state index contributed by atoms with van der Waals surface area (Å²) >= 11 is 0. The van der Waals surface area contributed by atoms with E-state index >= 15 is 0 Å². The third-order valence-electron chi connectivity index (χ3n) is 3.68. The quantitative estimate of drug-likeness (QED) is 0.844. The molecule has 2 rings (SSSR count). The molecule has 1 fully saturated rings. The van der Waals surface area contributed by atoms with Crippen LogP contribution in [0.3, 0.4) is 0 Å². The summed E-state index contributed by atoms with van der Waals surface area (Å²) in [6, 6.07) is 1.94. The number of alkyl halides is 3. The molecule has 2 atom stereocenters. The van der Waals surface area contributed by atoms with Crippen molar-refractivity contribution in [2.45, 2.75) is 31.5 Å². The van der Waals surface area contributed by atoms with Crippen molar-refractivity contribution in [1.29, 1.82) is 0 Å². The molecule has 1 amide bonds. The van der Waals surface area contributed by atoms with Gasteiger partial charge in [-0.15, -0.1) is 0 Å². The Kier molecular flexibility index (Phi) is 4.51. The van der Waals surface area contributed by atoms with Gasteiger partial charge in [0, 0.05) is 12.5 Å². The summed E-state index contributed by atoms with van der Waals surface area (Å²) in [4.78, 5) is 11.9. The number of aliphatic hydroxyl groups is 1. The van der Waals surface area contributed by atoms with E-state index < -0.39 is 35.1 Å². The number of rotatable bonds is 3. The lowest BCUT2D eigenvalue weighted by Gasteiger charge is -2.17. The van der Waals surface area contributed by atoms with Crippen molar-refractivity contribution in [3.05, 3.63) is 35.1 Å². The van der Waals surface area contributed by atoms with Gasteiger partial charge in [-0.05, 0) is 31.0 Å². The Morgan fingerprint density at radius 1 is 1.33 bits per heavy atom. The van der Waals surface area contributed by atoms with Crippen LogP contribution >= 0.6 is 0 Å². The lowest BCUT2D eigenvalue weighted by Crippen LogP contribution is -2.33. The number of halogens is 4. The van der Waals surface area contributed by atoms with E-state index in [1.807, 2.05) is 0 Å². The Hall–Kier alpha value is -1.63. The summed E-state index contributed by atoms with van der Waals surface area (Å²) in [6.45, 7) is 0.106. The summed E-state index contributed by atoms with van der Waals surface area (Å²) in [6.07, 6.45) is -3.17. The molecule has 7 heteroatoms. The van der Waals surface area contributed by atoms with Gasteiger partial charge in [0.15, 0.2) is 0 Å². The number of carbonyl (C=O) groups excluding carboxylic acids is 1. The first-order valence-electron chi connectivity index (χ1n) is 6.62. The Labute approximate surface area is 119 Å². The molecule has 0 radical (unpaired) electrons. The number of aliphatic hydroxyl groups excluding tert-OH is 1. The highest BCUT2D eigenvalue weighted by Gasteiger charge is 2.36. The fourth-order valence-corrected chi connectivity index (χ4v) is 2.52. The Morgan fingerprint density at radius 3 is 2.62 bits per heavy atom. The first kappa shape index (κ1) is 15.8. The fraction of sp³-hybridized carbons (Fsp3) is 0.500. The Bertz CT molecular complexity index is 530. The monoisotopic (exact) mass is 305 g/mol. The number of hydrogen-bond acceptors (Lipinski definition) is 2. The van der Waals surface area contributed by atoms with Crippen molar-refractivity contribution >= 4 is 5.91 Å². The van der Waals surface area contributed by atoms with E-state index in [1.54, 1.807) is 0 Å². The fourth-order valence-electron chi connectivity index (χ4n) is 2.52. The second-order valence-electron chi connectivity index (χ2n) is 5.16. The Morgan fingerprint density at radius 2 is 2.05 bits per heavy atom. The third kappa shape index (κ3) is 3.72. The van der Waals surface area contributed by atoms with Crippen molar-refractivity contribution in [2.24, 2.45) is 5.92 Å². The minimum Gasteiger partial charge on any atom is -0.393 e. The normalized spacial score (nSPS) is 22.3. The van der Waals surface area contributed by atoms with Gasteiger partial charge in [-0.3, -0.25) is 4.79 Å². The van der Waals surface area contributed by atoms with Crippen molar-refractivity contribution < 1.29 is 27.5 Å². The summed E-state index contributed by atoms with van der Waals surface area (Å²) in [5, 5.41) is 12.0. The number of hydrogen-bond donors (Lipinski definition) is 2. The zero-order valence-corrected chi connectivity index (χ0v) is 11.1. The summed E-state index contributed by atoms with van der Waals surface area (Å²) < 4.78 is 51.4. The molecule has 1 saturated carbocycles. The maximum Gasteiger partial charge on any atom is 0.417 e. The van der Waals surface area contributed by atoms with Gasteiger partial charge in [-0.25, -0.2) is 4.39 Å². The van der Waals surface area contributed by atoms with E-state index in [4.69, 9.17) is 0 Å². The summed E-state index contributed by atoms with van der Waals surface area (Å²) in [5.41, 5.74) is -1.91. The number of nitrogens with one attached hydrogen (secondary N) is 1. The summed E-state index contributed by atoms with van der Waals surface area (Å²) in [7, 11) is 0. The molecule has 2 unspecified atom stereocenters. The highest BCUT2D eigenvalue weighted by atomic mass is 19.4. The highest BCUT2D eigenvalue weighted by molar-refractivity contribution is 5.95. The van der Waals surface area contributed by atoms with Crippen molar-refractivity contribution in [3.63, 3.8) is 0 Å². The molecule has 1 aliphatic rings. The molecule has 3 nitrogen and oxygen atoms in total. The summed E-state index contributed by atoms with van der Waals surface area (Å²) in [5.74, 6) is -2.12. The van der Waals surface area contributed by atoms with Gasteiger partial charge in [-0.2, -0.15) is 13.2 Å². The van der Waals surface area contributed by atoms with E-state index in [0.29, 0.717) is 12.5 Å². The lowest BCUT2D eigenvalue weighted by atomic mass is 10.0. The standard InChI is InChI=1S/C14H15F4NO2/c15-9-4-5-10(11(6-9)14(16,17)18)13(21)19-7-8-2-1-3-12(8)20/h4-6,8,12,20H,1-3,7H2,(H,19,21). The van der Waals surface area contributed by atoms with Crippen molar-refractivity contribution in [3.8, 4) is 0 Å². The predicted molar refractivity (Wildman–Crippen MR) is 67.1 cm³/mol. The smallest absolute Gasteiger partial charge is 0.393 e. The van der Waals surface area contributed by atoms with Crippen LogP contribution < -0.4 is 5.32 Å². The van der Waals surface area contributed by atoms with Gasteiger partial charge >= 0.3 is 6.18 Å². The molecule has 1 aromatic carbocycles. The van der Waals surface area contributed by atoms with E-state index in [2.05, 4.69) is 5.32 Å². The number of carbonyl (C=O) groups is 1. The van der Waals surface area contributed by atoms with Crippen LogP contribution in [0.2, 0.25) is 0 Å². The zero-order valence-electron chi connectivity index (χ0n) is 11.1. The van der Waals surface area contributed by atoms with Crippen LogP contribution in [-0.4, -0.2) is 23.7 Å². The van der Waals surface area contributed by atoms with Gasteiger partial charge in [0.2, 0.25) is 0 Å². The average Bonchev–Trinajstić information content (AvgIpc) is 2.80. The van der Waals surface area contributed by atoms with Gasteiger partial charge in [-0.1, -0.05) is 6.42 Å². The van der Waals surface area contributed by atoms with Gasteiger partial charge in [0.1, 0.15) is 5.82 Å². The van der Waals surface area contributed by atoms with Crippen LogP contribution in [0, 0.1) is 11.7 Å². The second-order valence-corrected chi connectivity index (χ2v) is 5.16. The highest BCUT2D eigenvalue weighted by Crippen LogP contribution is 2.32. The van der Waals surface area contributed by atoms with Crippen LogP contribution in [0.4, 0.5) is 17.6 Å². The van der Waals surface area contributed by atoms with Gasteiger partial charge in [0.05, 0.1) is 17.2 Å². The van der Waals surface area contributed by atoms with E-state index in [-0.39, 0.29) is 12.5 Å². The molecule has 1 aliphatic carbocycles. The minimum absolute atomic E-state index is 0.106. The largest absolute Gasteiger partial charge is 0.417 e. The van der Waals surface area contributed by atoms with Crippen LogP contribution in [0.25, 0.3) is 0 Å². The molecular weight excluding hydrogens is 290 g/mol. The van der Waals surface area contributed by atoms with Crippen molar-refractivity contribution in [2.75, 3.05) is 6.54 Å². The molecule has 1 aromatic rings. The first-order valence-corrected chi connectivity index (χ1v) is 6.62. The zero-order chi connectivity index (χ0) is 15.6. The number of benzene rings is 1. The predicted octanol–water partition coefficient (Wildman–Crippen LogP) is 2.74. The SMILES string of the molecule is O=C(NCC1CCCC1O)c1ccc(F)cc1C(F)(F)F. The molecule has 0 saturated heterocycles. The first-order chi connectivity index (χ1) is 9.79. The molecule has 21 heavy (non-hydrogen) atoms. The topological polar surface area (TPSA) is 49.3 Å². The minimum atomic E-state index is -4.80. The molecule has 0 bridgehead atoms. The van der Waals surface area contributed by atoms with E-state index in [9.17, 15) is 27.5 Å². The van der Waals surface area contributed by atoms with Crippen LogP contribution in [-0.2, 0) is 6.18 Å². The third-order valence-corrected chi connectivity index (χ3v) is 3.68. The molecule has 0 spiro atoms. The molecule has 116 valence electrons. The molecular formula is C14H15F4NO2. The molecule has 0 heterocycles. The van der Waals surface area contributed by atoms with Crippen LogP contribution in [0.1, 0.15) is 35.2 Å². The maximum atomic E-state index is 13.0. The maximum absolute atomic E-state index is 13.0. The average molecular weight is 305 g/mol. The molecule has 0 aromatic heterocycles.